The summed E-state index contributed by atoms with van der Waals surface area (Å²) < 4.78 is 38.6. The maximum atomic E-state index is 12.6. The van der Waals surface area contributed by atoms with E-state index < -0.39 is 10.0 Å². The maximum absolute atomic E-state index is 12.6. The number of sulfonamides is 1. The molecule has 26 heavy (non-hydrogen) atoms. The molecule has 3 aromatic carbocycles. The molecule has 0 aliphatic carbocycles. The minimum Gasteiger partial charge on any atom is -0.495 e. The molecule has 0 saturated carbocycles. The Balaban J connectivity index is 1.71. The lowest BCUT2D eigenvalue weighted by molar-refractivity contribution is 0.414. The summed E-state index contributed by atoms with van der Waals surface area (Å²) in [6, 6.07) is 17.2. The number of furan rings is 1. The fourth-order valence-corrected chi connectivity index (χ4v) is 4.22. The summed E-state index contributed by atoms with van der Waals surface area (Å²) in [5.74, 6) is 0.411. The summed E-state index contributed by atoms with van der Waals surface area (Å²) >= 11 is 6.03. The minimum atomic E-state index is -3.79. The molecule has 1 aromatic heterocycles. The monoisotopic (exact) mass is 387 g/mol. The first kappa shape index (κ1) is 16.8. The van der Waals surface area contributed by atoms with Gasteiger partial charge in [0.1, 0.15) is 16.9 Å². The van der Waals surface area contributed by atoms with E-state index in [4.69, 9.17) is 20.8 Å². The number of para-hydroxylation sites is 1. The highest BCUT2D eigenvalue weighted by Gasteiger charge is 2.17. The van der Waals surface area contributed by atoms with Crippen LogP contribution in [0.4, 0.5) is 5.69 Å². The summed E-state index contributed by atoms with van der Waals surface area (Å²) in [5.41, 5.74) is 1.77. The van der Waals surface area contributed by atoms with Crippen LogP contribution in [0.5, 0.6) is 5.75 Å². The van der Waals surface area contributed by atoms with Crippen molar-refractivity contribution >= 4 is 49.3 Å². The molecule has 0 fully saturated rings. The summed E-state index contributed by atoms with van der Waals surface area (Å²) in [6.45, 7) is 0. The van der Waals surface area contributed by atoms with Crippen LogP contribution in [-0.4, -0.2) is 15.5 Å². The van der Waals surface area contributed by atoms with Gasteiger partial charge >= 0.3 is 0 Å². The lowest BCUT2D eigenvalue weighted by Crippen LogP contribution is -2.12. The van der Waals surface area contributed by atoms with Gasteiger partial charge in [0, 0.05) is 16.8 Å². The fraction of sp³-hybridized carbons (Fsp3) is 0.0526. The van der Waals surface area contributed by atoms with Gasteiger partial charge < -0.3 is 9.15 Å². The molecule has 0 atom stereocenters. The van der Waals surface area contributed by atoms with Crippen LogP contribution >= 0.6 is 11.6 Å². The summed E-state index contributed by atoms with van der Waals surface area (Å²) in [4.78, 5) is 0.0491. The number of methoxy groups -OCH3 is 1. The average Bonchev–Trinajstić information content (AvgIpc) is 2.99. The van der Waals surface area contributed by atoms with Gasteiger partial charge in [0.05, 0.1) is 22.7 Å². The van der Waals surface area contributed by atoms with Gasteiger partial charge in [-0.15, -0.1) is 0 Å². The molecule has 0 unspecified atom stereocenters. The normalized spacial score (nSPS) is 11.8. The molecule has 7 heteroatoms. The number of fused-ring (bicyclic) bond motifs is 3. The molecular weight excluding hydrogens is 374 g/mol. The van der Waals surface area contributed by atoms with E-state index in [1.54, 1.807) is 12.1 Å². The first-order valence-corrected chi connectivity index (χ1v) is 9.62. The van der Waals surface area contributed by atoms with E-state index in [1.165, 1.54) is 25.3 Å². The van der Waals surface area contributed by atoms with Crippen molar-refractivity contribution < 1.29 is 17.6 Å². The Morgan fingerprint density at radius 2 is 1.73 bits per heavy atom. The average molecular weight is 388 g/mol. The van der Waals surface area contributed by atoms with Crippen molar-refractivity contribution in [1.82, 2.24) is 0 Å². The molecule has 4 rings (SSSR count). The summed E-state index contributed by atoms with van der Waals surface area (Å²) in [6.07, 6.45) is 0. The Hall–Kier alpha value is -2.70. The zero-order chi connectivity index (χ0) is 18.3. The second-order valence-electron chi connectivity index (χ2n) is 5.71. The van der Waals surface area contributed by atoms with Crippen LogP contribution in [0.25, 0.3) is 21.9 Å². The molecule has 1 N–H and O–H groups in total. The molecule has 0 amide bonds. The molecule has 0 radical (unpaired) electrons. The first-order chi connectivity index (χ1) is 12.5. The summed E-state index contributed by atoms with van der Waals surface area (Å²) in [5, 5.41) is 2.14. The number of nitrogens with one attached hydrogen (secondary N) is 1. The third kappa shape index (κ3) is 2.87. The lowest BCUT2D eigenvalue weighted by Gasteiger charge is -2.10. The number of ether oxygens (including phenoxy) is 1. The Morgan fingerprint density at radius 3 is 2.50 bits per heavy atom. The van der Waals surface area contributed by atoms with Crippen LogP contribution < -0.4 is 9.46 Å². The van der Waals surface area contributed by atoms with E-state index in [-0.39, 0.29) is 9.92 Å². The van der Waals surface area contributed by atoms with Crippen molar-refractivity contribution in [3.63, 3.8) is 0 Å². The molecule has 0 aliphatic rings. The van der Waals surface area contributed by atoms with E-state index in [0.29, 0.717) is 17.0 Å². The Bertz CT molecular complexity index is 1230. The number of hydrogen-bond acceptors (Lipinski definition) is 4. The SMILES string of the molecule is COc1ccc(S(=O)(=O)Nc2ccc3c(c2)oc2ccccc23)cc1Cl. The quantitative estimate of drug-likeness (QED) is 0.532. The highest BCUT2D eigenvalue weighted by molar-refractivity contribution is 7.92. The minimum absolute atomic E-state index is 0.0491. The first-order valence-electron chi connectivity index (χ1n) is 7.75. The molecule has 0 aliphatic heterocycles. The van der Waals surface area contributed by atoms with Crippen LogP contribution in [-0.2, 0) is 10.0 Å². The smallest absolute Gasteiger partial charge is 0.261 e. The number of benzene rings is 3. The van der Waals surface area contributed by atoms with Crippen LogP contribution in [0.15, 0.2) is 70.0 Å². The van der Waals surface area contributed by atoms with Gasteiger partial charge in [0.15, 0.2) is 0 Å². The Kier molecular flexibility index (Phi) is 4.01. The Morgan fingerprint density at radius 1 is 0.962 bits per heavy atom. The zero-order valence-electron chi connectivity index (χ0n) is 13.7. The molecular formula is C19H14ClNO4S. The zero-order valence-corrected chi connectivity index (χ0v) is 15.3. The fourth-order valence-electron chi connectivity index (χ4n) is 2.82. The van der Waals surface area contributed by atoms with Gasteiger partial charge in [-0.1, -0.05) is 29.8 Å². The predicted molar refractivity (Wildman–Crippen MR) is 103 cm³/mol. The van der Waals surface area contributed by atoms with Gasteiger partial charge in [-0.05, 0) is 36.4 Å². The molecule has 1 heterocycles. The Labute approximate surface area is 155 Å². The lowest BCUT2D eigenvalue weighted by atomic mass is 10.1. The highest BCUT2D eigenvalue weighted by atomic mass is 35.5. The van der Waals surface area contributed by atoms with Gasteiger partial charge in [-0.3, -0.25) is 4.72 Å². The maximum Gasteiger partial charge on any atom is 0.261 e. The third-order valence-electron chi connectivity index (χ3n) is 4.06. The van der Waals surface area contributed by atoms with E-state index >= 15 is 0 Å². The van der Waals surface area contributed by atoms with E-state index in [9.17, 15) is 8.42 Å². The number of hydrogen-bond donors (Lipinski definition) is 1. The molecule has 0 bridgehead atoms. The molecule has 0 spiro atoms. The van der Waals surface area contributed by atoms with Crippen LogP contribution in [0.3, 0.4) is 0 Å². The predicted octanol–water partition coefficient (Wildman–Crippen LogP) is 5.05. The number of anilines is 1. The molecule has 132 valence electrons. The number of halogens is 1. The van der Waals surface area contributed by atoms with Gasteiger partial charge in [0.2, 0.25) is 0 Å². The standard InChI is InChI=1S/C19H14ClNO4S/c1-24-18-9-7-13(11-16(18)20)26(22,23)21-12-6-8-15-14-4-2-3-5-17(14)25-19(15)10-12/h2-11,21H,1H3. The van der Waals surface area contributed by atoms with E-state index in [2.05, 4.69) is 4.72 Å². The van der Waals surface area contributed by atoms with Crippen molar-refractivity contribution in [2.75, 3.05) is 11.8 Å². The van der Waals surface area contributed by atoms with Gasteiger partial charge in [-0.25, -0.2) is 8.42 Å². The van der Waals surface area contributed by atoms with E-state index in [0.717, 1.165) is 16.4 Å². The van der Waals surface area contributed by atoms with E-state index in [1.807, 2.05) is 30.3 Å². The number of rotatable bonds is 4. The summed E-state index contributed by atoms with van der Waals surface area (Å²) in [7, 11) is -2.32. The molecule has 4 aromatic rings. The second-order valence-corrected chi connectivity index (χ2v) is 7.80. The van der Waals surface area contributed by atoms with Gasteiger partial charge in [-0.2, -0.15) is 0 Å². The van der Waals surface area contributed by atoms with Crippen LogP contribution in [0.2, 0.25) is 5.02 Å². The highest BCUT2D eigenvalue weighted by Crippen LogP contribution is 2.32. The van der Waals surface area contributed by atoms with Crippen molar-refractivity contribution in [1.29, 1.82) is 0 Å². The van der Waals surface area contributed by atoms with Crippen molar-refractivity contribution in [2.24, 2.45) is 0 Å². The van der Waals surface area contributed by atoms with Crippen molar-refractivity contribution in [2.45, 2.75) is 4.90 Å². The van der Waals surface area contributed by atoms with Crippen molar-refractivity contribution in [3.05, 3.63) is 65.7 Å². The van der Waals surface area contributed by atoms with Crippen molar-refractivity contribution in [3.8, 4) is 5.75 Å². The largest absolute Gasteiger partial charge is 0.495 e. The van der Waals surface area contributed by atoms with Gasteiger partial charge in [0.25, 0.3) is 10.0 Å². The second kappa shape index (κ2) is 6.23. The molecule has 0 saturated heterocycles. The topological polar surface area (TPSA) is 68.5 Å². The third-order valence-corrected chi connectivity index (χ3v) is 5.74. The van der Waals surface area contributed by atoms with Crippen LogP contribution in [0, 0.1) is 0 Å². The van der Waals surface area contributed by atoms with Crippen LogP contribution in [0.1, 0.15) is 0 Å². The molecule has 5 nitrogen and oxygen atoms in total.